The van der Waals surface area contributed by atoms with Crippen molar-refractivity contribution in [3.05, 3.63) is 78.8 Å². The Hall–Kier alpha value is -3.61. The van der Waals surface area contributed by atoms with Crippen LogP contribution in [0.2, 0.25) is 0 Å². The monoisotopic (exact) mass is 346 g/mol. The van der Waals surface area contributed by atoms with E-state index in [1.165, 1.54) is 10.7 Å². The predicted octanol–water partition coefficient (Wildman–Crippen LogP) is 3.92. The van der Waals surface area contributed by atoms with E-state index in [4.69, 9.17) is 0 Å². The van der Waals surface area contributed by atoms with Crippen LogP contribution in [0.15, 0.2) is 67.3 Å². The molecule has 0 unspecified atom stereocenters. The molecule has 0 fully saturated rings. The van der Waals surface area contributed by atoms with Crippen molar-refractivity contribution in [3.63, 3.8) is 0 Å². The molecule has 0 saturated heterocycles. The smallest absolute Gasteiger partial charge is 0.163 e. The van der Waals surface area contributed by atoms with Crippen molar-refractivity contribution in [2.75, 3.05) is 5.32 Å². The van der Waals surface area contributed by atoms with Crippen molar-refractivity contribution in [2.45, 2.75) is 6.92 Å². The molecule has 0 aliphatic heterocycles. The lowest BCUT2D eigenvalue weighted by molar-refractivity contribution is 0.611. The molecule has 4 rings (SSSR count). The predicted molar refractivity (Wildman–Crippen MR) is 96.8 cm³/mol. The molecule has 0 aliphatic rings. The zero-order valence-electron chi connectivity index (χ0n) is 14.0. The van der Waals surface area contributed by atoms with Crippen molar-refractivity contribution in [3.8, 4) is 17.1 Å². The first-order valence-corrected chi connectivity index (χ1v) is 8.02. The van der Waals surface area contributed by atoms with Crippen LogP contribution >= 0.6 is 0 Å². The van der Waals surface area contributed by atoms with Crippen LogP contribution in [0.3, 0.4) is 0 Å². The zero-order chi connectivity index (χ0) is 17.9. The maximum absolute atomic E-state index is 13.9. The van der Waals surface area contributed by atoms with E-state index >= 15 is 0 Å². The zero-order valence-corrected chi connectivity index (χ0v) is 14.0. The van der Waals surface area contributed by atoms with Crippen LogP contribution in [-0.4, -0.2) is 24.7 Å². The molecule has 0 atom stereocenters. The van der Waals surface area contributed by atoms with Gasteiger partial charge in [0.1, 0.15) is 17.3 Å². The van der Waals surface area contributed by atoms with E-state index in [-0.39, 0.29) is 5.82 Å². The van der Waals surface area contributed by atoms with E-state index in [0.717, 1.165) is 11.3 Å². The van der Waals surface area contributed by atoms with E-state index < -0.39 is 0 Å². The summed E-state index contributed by atoms with van der Waals surface area (Å²) in [6.45, 7) is 1.90. The molecule has 3 heterocycles. The summed E-state index contributed by atoms with van der Waals surface area (Å²) in [5, 5.41) is 7.39. The molecule has 0 spiro atoms. The number of anilines is 2. The minimum absolute atomic E-state index is 0.334. The molecule has 4 aromatic rings. The molecule has 6 nitrogen and oxygen atoms in total. The Morgan fingerprint density at radius 1 is 1.04 bits per heavy atom. The van der Waals surface area contributed by atoms with Crippen LogP contribution in [0, 0.1) is 12.7 Å². The summed E-state index contributed by atoms with van der Waals surface area (Å²) in [5.41, 5.74) is 2.74. The topological polar surface area (TPSA) is 68.5 Å². The Labute approximate surface area is 149 Å². The number of pyridine rings is 1. The molecule has 3 aromatic heterocycles. The van der Waals surface area contributed by atoms with Gasteiger partial charge in [-0.15, -0.1) is 0 Å². The van der Waals surface area contributed by atoms with Crippen molar-refractivity contribution >= 4 is 11.5 Å². The molecule has 1 aromatic carbocycles. The lowest BCUT2D eigenvalue weighted by Crippen LogP contribution is -1.99. The number of aromatic nitrogens is 5. The molecule has 0 radical (unpaired) electrons. The van der Waals surface area contributed by atoms with Gasteiger partial charge in [0.15, 0.2) is 5.82 Å². The van der Waals surface area contributed by atoms with E-state index in [1.807, 2.05) is 25.1 Å². The molecule has 0 aliphatic carbocycles. The average molecular weight is 346 g/mol. The second kappa shape index (κ2) is 6.72. The Kier molecular flexibility index (Phi) is 4.10. The van der Waals surface area contributed by atoms with Gasteiger partial charge in [0, 0.05) is 29.7 Å². The summed E-state index contributed by atoms with van der Waals surface area (Å²) in [6, 6.07) is 12.1. The molecular weight excluding hydrogens is 331 g/mol. The van der Waals surface area contributed by atoms with Crippen LogP contribution in [0.5, 0.6) is 0 Å². The largest absolute Gasteiger partial charge is 0.338 e. The Morgan fingerprint density at radius 2 is 1.92 bits per heavy atom. The second-order valence-electron chi connectivity index (χ2n) is 5.71. The number of benzene rings is 1. The standard InChI is InChI=1S/C19H15FN6/c1-13-9-18(25-19(23-13)14-5-4-8-21-10-14)24-15-11-22-26(12-15)17-7-3-2-6-16(17)20/h2-12H,1H3,(H,23,24,25). The van der Waals surface area contributed by atoms with Gasteiger partial charge in [0.25, 0.3) is 0 Å². The number of hydrogen-bond acceptors (Lipinski definition) is 5. The van der Waals surface area contributed by atoms with Gasteiger partial charge in [-0.2, -0.15) is 5.10 Å². The number of hydrogen-bond donors (Lipinski definition) is 1. The summed E-state index contributed by atoms with van der Waals surface area (Å²) < 4.78 is 15.4. The molecule has 128 valence electrons. The van der Waals surface area contributed by atoms with E-state index in [9.17, 15) is 4.39 Å². The Morgan fingerprint density at radius 3 is 2.73 bits per heavy atom. The van der Waals surface area contributed by atoms with Crippen LogP contribution in [0.4, 0.5) is 15.9 Å². The Balaban J connectivity index is 1.62. The van der Waals surface area contributed by atoms with Crippen LogP contribution in [-0.2, 0) is 0 Å². The van der Waals surface area contributed by atoms with E-state index in [2.05, 4.69) is 25.4 Å². The molecular formula is C19H15FN6. The number of rotatable bonds is 4. The normalized spacial score (nSPS) is 10.7. The highest BCUT2D eigenvalue weighted by Crippen LogP contribution is 2.21. The van der Waals surface area contributed by atoms with Crippen LogP contribution in [0.25, 0.3) is 17.1 Å². The summed E-state index contributed by atoms with van der Waals surface area (Å²) in [7, 11) is 0. The first-order chi connectivity index (χ1) is 12.7. The van der Waals surface area contributed by atoms with Gasteiger partial charge in [0.2, 0.25) is 0 Å². The van der Waals surface area contributed by atoms with Crippen molar-refractivity contribution < 1.29 is 4.39 Å². The van der Waals surface area contributed by atoms with Gasteiger partial charge in [-0.25, -0.2) is 19.0 Å². The quantitative estimate of drug-likeness (QED) is 0.607. The number of nitrogens with zero attached hydrogens (tertiary/aromatic N) is 5. The van der Waals surface area contributed by atoms with Gasteiger partial charge in [-0.1, -0.05) is 12.1 Å². The van der Waals surface area contributed by atoms with E-state index in [0.29, 0.717) is 23.0 Å². The van der Waals surface area contributed by atoms with Crippen molar-refractivity contribution in [1.29, 1.82) is 0 Å². The third-order valence-electron chi connectivity index (χ3n) is 3.73. The highest BCUT2D eigenvalue weighted by atomic mass is 19.1. The third-order valence-corrected chi connectivity index (χ3v) is 3.73. The average Bonchev–Trinajstić information content (AvgIpc) is 3.10. The minimum Gasteiger partial charge on any atom is -0.338 e. The maximum Gasteiger partial charge on any atom is 0.163 e. The summed E-state index contributed by atoms with van der Waals surface area (Å²) >= 11 is 0. The van der Waals surface area contributed by atoms with Crippen LogP contribution in [0.1, 0.15) is 5.69 Å². The molecule has 26 heavy (non-hydrogen) atoms. The number of para-hydroxylation sites is 1. The van der Waals surface area contributed by atoms with Gasteiger partial charge in [0.05, 0.1) is 18.1 Å². The highest BCUT2D eigenvalue weighted by molar-refractivity contribution is 5.60. The highest BCUT2D eigenvalue weighted by Gasteiger charge is 2.08. The summed E-state index contributed by atoms with van der Waals surface area (Å²) in [5.74, 6) is 0.880. The van der Waals surface area contributed by atoms with Crippen molar-refractivity contribution in [2.24, 2.45) is 0 Å². The van der Waals surface area contributed by atoms with Gasteiger partial charge >= 0.3 is 0 Å². The summed E-state index contributed by atoms with van der Waals surface area (Å²) in [6.07, 6.45) is 6.75. The van der Waals surface area contributed by atoms with Gasteiger partial charge in [-0.05, 0) is 31.2 Å². The van der Waals surface area contributed by atoms with E-state index in [1.54, 1.807) is 43.0 Å². The van der Waals surface area contributed by atoms with Crippen LogP contribution < -0.4 is 5.32 Å². The molecule has 0 bridgehead atoms. The van der Waals surface area contributed by atoms with Gasteiger partial charge < -0.3 is 5.32 Å². The van der Waals surface area contributed by atoms with Gasteiger partial charge in [-0.3, -0.25) is 4.98 Å². The fourth-order valence-electron chi connectivity index (χ4n) is 2.56. The fourth-order valence-corrected chi connectivity index (χ4v) is 2.56. The SMILES string of the molecule is Cc1cc(Nc2cnn(-c3ccccc3F)c2)nc(-c2cccnc2)n1. The first kappa shape index (κ1) is 15.9. The molecule has 1 N–H and O–H groups in total. The summed E-state index contributed by atoms with van der Waals surface area (Å²) in [4.78, 5) is 13.1. The third kappa shape index (κ3) is 3.27. The Bertz CT molecular complexity index is 1040. The molecule has 7 heteroatoms. The minimum atomic E-state index is -0.334. The number of halogens is 1. The number of aryl methyl sites for hydroxylation is 1. The molecule has 0 saturated carbocycles. The molecule has 0 amide bonds. The first-order valence-electron chi connectivity index (χ1n) is 8.02. The van der Waals surface area contributed by atoms with Crippen molar-refractivity contribution in [1.82, 2.24) is 24.7 Å². The number of nitrogens with one attached hydrogen (secondary N) is 1. The second-order valence-corrected chi connectivity index (χ2v) is 5.71. The lowest BCUT2D eigenvalue weighted by atomic mass is 10.2. The fraction of sp³-hybridized carbons (Fsp3) is 0.0526. The lowest BCUT2D eigenvalue weighted by Gasteiger charge is -2.07. The maximum atomic E-state index is 13.9.